The zero-order valence-electron chi connectivity index (χ0n) is 18.2. The molecule has 0 spiro atoms. The van der Waals surface area contributed by atoms with Gasteiger partial charge in [0.2, 0.25) is 0 Å². The second kappa shape index (κ2) is 8.75. The molecular formula is C24H19FN4O6. The molecule has 1 heterocycles. The number of carbonyl (C=O) groups excluding carboxylic acids is 3. The molecule has 2 aliphatic carbocycles. The number of fused-ring (bicyclic) bond motifs is 5. The van der Waals surface area contributed by atoms with E-state index in [0.29, 0.717) is 5.69 Å². The number of non-ortho nitro benzene ring substituents is 1. The fourth-order valence-electron chi connectivity index (χ4n) is 4.88. The second-order valence-electron chi connectivity index (χ2n) is 8.56. The molecule has 10 nitrogen and oxygen atoms in total. The first-order valence-electron chi connectivity index (χ1n) is 10.9. The SMILES string of the molecule is O=C(COc1ccc([N+](=O)[O-])cc1C=NN1C(=O)[C@@H]2[C@H](C1=O)[C@H]1C=C[C@H]2C1)Nc1ccc(F)cc1. The van der Waals surface area contributed by atoms with Gasteiger partial charge in [-0.05, 0) is 48.6 Å². The Morgan fingerprint density at radius 1 is 1.14 bits per heavy atom. The highest BCUT2D eigenvalue weighted by Crippen LogP contribution is 2.52. The van der Waals surface area contributed by atoms with E-state index in [-0.39, 0.29) is 40.7 Å². The van der Waals surface area contributed by atoms with Crippen molar-refractivity contribution in [2.45, 2.75) is 6.42 Å². The van der Waals surface area contributed by atoms with Gasteiger partial charge in [0.05, 0.1) is 23.0 Å². The van der Waals surface area contributed by atoms with E-state index in [9.17, 15) is 28.9 Å². The molecule has 2 aromatic carbocycles. The fourth-order valence-corrected chi connectivity index (χ4v) is 4.88. The molecule has 3 amide bonds. The van der Waals surface area contributed by atoms with Gasteiger partial charge in [-0.3, -0.25) is 24.5 Å². The van der Waals surface area contributed by atoms with Crippen molar-refractivity contribution in [3.05, 3.63) is 76.1 Å². The van der Waals surface area contributed by atoms with Gasteiger partial charge in [-0.2, -0.15) is 10.1 Å². The number of halogens is 1. The Kier molecular flexibility index (Phi) is 5.59. The van der Waals surface area contributed by atoms with E-state index in [4.69, 9.17) is 4.74 Å². The lowest BCUT2D eigenvalue weighted by molar-refractivity contribution is -0.384. The molecule has 178 valence electrons. The molecule has 0 aromatic heterocycles. The van der Waals surface area contributed by atoms with Gasteiger partial charge in [-0.15, -0.1) is 0 Å². The van der Waals surface area contributed by atoms with Crippen LogP contribution in [0.1, 0.15) is 12.0 Å². The lowest BCUT2D eigenvalue weighted by Crippen LogP contribution is -2.28. The average molecular weight is 478 g/mol. The van der Waals surface area contributed by atoms with Crippen molar-refractivity contribution in [3.8, 4) is 5.75 Å². The van der Waals surface area contributed by atoms with E-state index in [0.717, 1.165) is 17.6 Å². The maximum atomic E-state index is 13.0. The van der Waals surface area contributed by atoms with Gasteiger partial charge < -0.3 is 10.1 Å². The zero-order chi connectivity index (χ0) is 24.7. The number of hydrazone groups is 1. The van der Waals surface area contributed by atoms with E-state index in [1.165, 1.54) is 42.5 Å². The molecule has 2 aromatic rings. The Morgan fingerprint density at radius 2 is 1.80 bits per heavy atom. The van der Waals surface area contributed by atoms with E-state index in [1.54, 1.807) is 0 Å². The summed E-state index contributed by atoms with van der Waals surface area (Å²) in [5.74, 6) is -2.48. The molecule has 1 aliphatic heterocycles. The molecular weight excluding hydrogens is 459 g/mol. The molecule has 3 aliphatic rings. The number of imide groups is 1. The molecule has 0 radical (unpaired) electrons. The van der Waals surface area contributed by atoms with E-state index in [1.807, 2.05) is 12.2 Å². The van der Waals surface area contributed by atoms with Crippen LogP contribution < -0.4 is 10.1 Å². The van der Waals surface area contributed by atoms with Crippen molar-refractivity contribution >= 4 is 35.3 Å². The first kappa shape index (κ1) is 22.4. The number of hydrogen-bond donors (Lipinski definition) is 1. The summed E-state index contributed by atoms with van der Waals surface area (Å²) >= 11 is 0. The fraction of sp³-hybridized carbons (Fsp3) is 0.250. The second-order valence-corrected chi connectivity index (χ2v) is 8.56. The first-order chi connectivity index (χ1) is 16.8. The molecule has 1 N–H and O–H groups in total. The number of nitrogens with one attached hydrogen (secondary N) is 1. The minimum absolute atomic E-state index is 0.0259. The molecule has 35 heavy (non-hydrogen) atoms. The van der Waals surface area contributed by atoms with Gasteiger partial charge in [-0.25, -0.2) is 4.39 Å². The van der Waals surface area contributed by atoms with Crippen molar-refractivity contribution in [3.63, 3.8) is 0 Å². The highest BCUT2D eigenvalue weighted by molar-refractivity contribution is 6.07. The van der Waals surface area contributed by atoms with Crippen molar-refractivity contribution in [1.82, 2.24) is 5.01 Å². The van der Waals surface area contributed by atoms with Gasteiger partial charge in [0.25, 0.3) is 23.4 Å². The quantitative estimate of drug-likeness (QED) is 0.214. The van der Waals surface area contributed by atoms with Crippen LogP contribution in [-0.4, -0.2) is 40.5 Å². The Hall–Kier alpha value is -4.41. The molecule has 1 saturated carbocycles. The van der Waals surface area contributed by atoms with Crippen LogP contribution in [0.4, 0.5) is 15.8 Å². The van der Waals surface area contributed by atoms with Crippen LogP contribution in [0.15, 0.2) is 59.7 Å². The summed E-state index contributed by atoms with van der Waals surface area (Å²) < 4.78 is 18.5. The van der Waals surface area contributed by atoms with Crippen molar-refractivity contribution in [1.29, 1.82) is 0 Å². The van der Waals surface area contributed by atoms with Gasteiger partial charge in [0.1, 0.15) is 11.6 Å². The van der Waals surface area contributed by atoms with Crippen LogP contribution in [0.3, 0.4) is 0 Å². The molecule has 11 heteroatoms. The van der Waals surface area contributed by atoms with Crippen LogP contribution in [0.25, 0.3) is 0 Å². The predicted octanol–water partition coefficient (Wildman–Crippen LogP) is 2.89. The Morgan fingerprint density at radius 3 is 2.43 bits per heavy atom. The summed E-state index contributed by atoms with van der Waals surface area (Å²) in [6, 6.07) is 8.84. The summed E-state index contributed by atoms with van der Waals surface area (Å²) in [4.78, 5) is 48.5. The normalized spacial score (nSPS) is 24.3. The summed E-state index contributed by atoms with van der Waals surface area (Å²) in [6.07, 6.45) is 5.86. The monoisotopic (exact) mass is 478 g/mol. The number of carbonyl (C=O) groups is 3. The van der Waals surface area contributed by atoms with E-state index in [2.05, 4.69) is 10.4 Å². The van der Waals surface area contributed by atoms with Crippen LogP contribution in [0.2, 0.25) is 0 Å². The Labute approximate surface area is 198 Å². The first-order valence-corrected chi connectivity index (χ1v) is 10.9. The van der Waals surface area contributed by atoms with Crippen LogP contribution in [-0.2, 0) is 14.4 Å². The van der Waals surface area contributed by atoms with Gasteiger partial charge in [0.15, 0.2) is 6.61 Å². The number of nitrogens with zero attached hydrogens (tertiary/aromatic N) is 3. The molecule has 0 unspecified atom stereocenters. The number of benzene rings is 2. The number of nitro benzene ring substituents is 1. The van der Waals surface area contributed by atoms with Crippen LogP contribution >= 0.6 is 0 Å². The molecule has 4 atom stereocenters. The number of ether oxygens (including phenoxy) is 1. The molecule has 2 fully saturated rings. The minimum Gasteiger partial charge on any atom is -0.483 e. The van der Waals surface area contributed by atoms with Crippen molar-refractivity contribution in [2.75, 3.05) is 11.9 Å². The van der Waals surface area contributed by atoms with Gasteiger partial charge in [-0.1, -0.05) is 12.2 Å². The van der Waals surface area contributed by atoms with Gasteiger partial charge in [0, 0.05) is 23.4 Å². The van der Waals surface area contributed by atoms with Crippen LogP contribution in [0.5, 0.6) is 5.75 Å². The number of anilines is 1. The van der Waals surface area contributed by atoms with Gasteiger partial charge >= 0.3 is 0 Å². The predicted molar refractivity (Wildman–Crippen MR) is 121 cm³/mol. The van der Waals surface area contributed by atoms with Crippen molar-refractivity contribution in [2.24, 2.45) is 28.8 Å². The topological polar surface area (TPSA) is 131 Å². The third-order valence-electron chi connectivity index (χ3n) is 6.45. The summed E-state index contributed by atoms with van der Waals surface area (Å²) in [5.41, 5.74) is 0.228. The maximum Gasteiger partial charge on any atom is 0.270 e. The molecule has 5 rings (SSSR count). The Balaban J connectivity index is 1.32. The standard InChI is InChI=1S/C24H19FN4O6/c25-16-3-5-17(6-4-16)27-20(30)12-35-19-8-7-18(29(33)34)10-15(19)11-26-28-23(31)21-13-1-2-14(9-13)22(21)24(28)32/h1-8,10-11,13-14,21-22H,9,12H2,(H,27,30)/t13-,14-,21-,22+/m0/s1. The lowest BCUT2D eigenvalue weighted by atomic mass is 9.85. The third kappa shape index (κ3) is 4.16. The maximum absolute atomic E-state index is 13.0. The lowest BCUT2D eigenvalue weighted by Gasteiger charge is -2.13. The zero-order valence-corrected chi connectivity index (χ0v) is 18.2. The highest BCUT2D eigenvalue weighted by Gasteiger charge is 2.59. The van der Waals surface area contributed by atoms with Crippen molar-refractivity contribution < 1.29 is 28.4 Å². The Bertz CT molecular complexity index is 1260. The van der Waals surface area contributed by atoms with E-state index < -0.39 is 35.1 Å². The molecule has 1 saturated heterocycles. The van der Waals surface area contributed by atoms with Crippen LogP contribution in [0, 0.1) is 39.6 Å². The number of allylic oxidation sites excluding steroid dienone is 2. The number of amides is 3. The summed E-state index contributed by atoms with van der Waals surface area (Å²) in [6.45, 7) is -0.448. The average Bonchev–Trinajstić information content (AvgIpc) is 3.52. The summed E-state index contributed by atoms with van der Waals surface area (Å²) in [5, 5.41) is 18.6. The number of hydrogen-bond acceptors (Lipinski definition) is 7. The third-order valence-corrected chi connectivity index (χ3v) is 6.45. The highest BCUT2D eigenvalue weighted by atomic mass is 19.1. The largest absolute Gasteiger partial charge is 0.483 e. The minimum atomic E-state index is -0.609. The summed E-state index contributed by atoms with van der Waals surface area (Å²) in [7, 11) is 0. The smallest absolute Gasteiger partial charge is 0.270 e. The number of nitro groups is 1. The van der Waals surface area contributed by atoms with E-state index >= 15 is 0 Å². The number of rotatable bonds is 7. The molecule has 2 bridgehead atoms.